The van der Waals surface area contributed by atoms with E-state index in [2.05, 4.69) is 9.73 Å². The third-order valence-corrected chi connectivity index (χ3v) is 3.29. The number of aliphatic imine (C=N–C) groups is 1. The summed E-state index contributed by atoms with van der Waals surface area (Å²) in [6.07, 6.45) is 4.70. The maximum atomic E-state index is 12.4. The molecule has 0 aromatic heterocycles. The number of halogens is 2. The van der Waals surface area contributed by atoms with E-state index in [1.807, 2.05) is 0 Å². The fraction of sp³-hybridized carbons (Fsp3) is 0.462. The van der Waals surface area contributed by atoms with Crippen molar-refractivity contribution in [1.29, 1.82) is 0 Å². The lowest BCUT2D eigenvalue weighted by atomic mass is 9.88. The smallest absolute Gasteiger partial charge is 0.387 e. The number of rotatable bonds is 4. The predicted molar refractivity (Wildman–Crippen MR) is 61.3 cm³/mol. The van der Waals surface area contributed by atoms with Crippen LogP contribution in [0.5, 0.6) is 5.75 Å². The first-order valence-electron chi connectivity index (χ1n) is 5.81. The molecule has 0 amide bonds. The predicted octanol–water partition coefficient (Wildman–Crippen LogP) is 3.39. The highest BCUT2D eigenvalue weighted by Crippen LogP contribution is 2.45. The van der Waals surface area contributed by atoms with Gasteiger partial charge >= 0.3 is 6.61 Å². The minimum Gasteiger partial charge on any atom is -0.434 e. The normalized spacial score (nSPS) is 17.5. The summed E-state index contributed by atoms with van der Waals surface area (Å²) in [6, 6.07) is 6.51. The van der Waals surface area contributed by atoms with Crippen LogP contribution in [0, 0.1) is 0 Å². The molecule has 0 bridgehead atoms. The van der Waals surface area contributed by atoms with Crippen molar-refractivity contribution >= 4 is 6.08 Å². The van der Waals surface area contributed by atoms with E-state index in [-0.39, 0.29) is 5.75 Å². The van der Waals surface area contributed by atoms with Gasteiger partial charge in [-0.25, -0.2) is 4.79 Å². The molecular formula is C13H13F2NO2. The van der Waals surface area contributed by atoms with Gasteiger partial charge in [-0.15, -0.1) is 0 Å². The molecule has 0 atom stereocenters. The lowest BCUT2D eigenvalue weighted by Gasteiger charge is -2.25. The topological polar surface area (TPSA) is 38.7 Å². The SMILES string of the molecule is O=C=NC1(c2ccccc2OC(F)F)CCCC1. The summed E-state index contributed by atoms with van der Waals surface area (Å²) in [5.41, 5.74) is -0.195. The minimum absolute atomic E-state index is 0.0911. The molecule has 0 saturated heterocycles. The molecular weight excluding hydrogens is 240 g/mol. The zero-order valence-electron chi connectivity index (χ0n) is 9.73. The van der Waals surface area contributed by atoms with E-state index >= 15 is 0 Å². The number of nitrogens with zero attached hydrogens (tertiary/aromatic N) is 1. The lowest BCUT2D eigenvalue weighted by Crippen LogP contribution is -2.21. The number of ether oxygens (including phenoxy) is 1. The number of hydrogen-bond donors (Lipinski definition) is 0. The van der Waals surface area contributed by atoms with Crippen molar-refractivity contribution in [1.82, 2.24) is 0 Å². The average molecular weight is 253 g/mol. The molecule has 1 aliphatic carbocycles. The molecule has 1 aromatic rings. The van der Waals surface area contributed by atoms with Gasteiger partial charge in [0.05, 0.1) is 0 Å². The number of para-hydroxylation sites is 1. The molecule has 96 valence electrons. The molecule has 0 unspecified atom stereocenters. The molecule has 18 heavy (non-hydrogen) atoms. The van der Waals surface area contributed by atoms with Gasteiger partial charge in [0.1, 0.15) is 11.3 Å². The van der Waals surface area contributed by atoms with E-state index in [1.54, 1.807) is 24.3 Å². The van der Waals surface area contributed by atoms with Crippen LogP contribution < -0.4 is 4.74 Å². The molecule has 0 radical (unpaired) electrons. The molecule has 5 heteroatoms. The van der Waals surface area contributed by atoms with Gasteiger partial charge in [0.2, 0.25) is 6.08 Å². The van der Waals surface area contributed by atoms with E-state index in [0.29, 0.717) is 18.4 Å². The van der Waals surface area contributed by atoms with Crippen LogP contribution in [0.4, 0.5) is 8.78 Å². The second-order valence-corrected chi connectivity index (χ2v) is 4.32. The van der Waals surface area contributed by atoms with Crippen LogP contribution in [0.25, 0.3) is 0 Å². The first-order valence-corrected chi connectivity index (χ1v) is 5.81. The lowest BCUT2D eigenvalue weighted by molar-refractivity contribution is -0.0510. The third-order valence-electron chi connectivity index (χ3n) is 3.29. The Kier molecular flexibility index (Phi) is 3.72. The van der Waals surface area contributed by atoms with E-state index in [0.717, 1.165) is 12.8 Å². The van der Waals surface area contributed by atoms with Gasteiger partial charge in [-0.1, -0.05) is 31.0 Å². The number of benzene rings is 1. The second-order valence-electron chi connectivity index (χ2n) is 4.32. The highest BCUT2D eigenvalue weighted by Gasteiger charge is 2.38. The Morgan fingerprint density at radius 1 is 1.28 bits per heavy atom. The summed E-state index contributed by atoms with van der Waals surface area (Å²) in [7, 11) is 0. The van der Waals surface area contributed by atoms with Gasteiger partial charge in [0, 0.05) is 5.56 Å². The number of hydrogen-bond acceptors (Lipinski definition) is 3. The number of isocyanates is 1. The second kappa shape index (κ2) is 5.27. The van der Waals surface area contributed by atoms with E-state index in [1.165, 1.54) is 6.07 Å². The van der Waals surface area contributed by atoms with Gasteiger partial charge in [0.25, 0.3) is 0 Å². The molecule has 1 aliphatic rings. The summed E-state index contributed by atoms with van der Waals surface area (Å²) in [5, 5.41) is 0. The summed E-state index contributed by atoms with van der Waals surface area (Å²) < 4.78 is 29.2. The largest absolute Gasteiger partial charge is 0.434 e. The molecule has 0 aliphatic heterocycles. The Hall–Kier alpha value is -1.74. The quantitative estimate of drug-likeness (QED) is 0.609. The molecule has 2 rings (SSSR count). The van der Waals surface area contributed by atoms with Crippen LogP contribution in [0.1, 0.15) is 31.2 Å². The van der Waals surface area contributed by atoms with E-state index in [4.69, 9.17) is 0 Å². The molecule has 0 heterocycles. The van der Waals surface area contributed by atoms with Gasteiger partial charge in [-0.3, -0.25) is 0 Å². The van der Waals surface area contributed by atoms with Crippen molar-refractivity contribution in [2.45, 2.75) is 37.8 Å². The zero-order valence-corrected chi connectivity index (χ0v) is 9.73. The van der Waals surface area contributed by atoms with Gasteiger partial charge in [-0.2, -0.15) is 13.8 Å². The standard InChI is InChI=1S/C13H13F2NO2/c14-12(15)18-11-6-2-1-5-10(11)13(16-9-17)7-3-4-8-13/h1-2,5-6,12H,3-4,7-8H2. The first kappa shape index (κ1) is 12.7. The van der Waals surface area contributed by atoms with E-state index in [9.17, 15) is 13.6 Å². The van der Waals surface area contributed by atoms with Crippen LogP contribution >= 0.6 is 0 Å². The van der Waals surface area contributed by atoms with E-state index < -0.39 is 12.2 Å². The van der Waals surface area contributed by atoms with Gasteiger partial charge < -0.3 is 4.74 Å². The molecule has 3 nitrogen and oxygen atoms in total. The van der Waals surface area contributed by atoms with Crippen LogP contribution in [-0.2, 0) is 10.3 Å². The number of alkyl halides is 2. The highest BCUT2D eigenvalue weighted by atomic mass is 19.3. The van der Waals surface area contributed by atoms with Crippen molar-refractivity contribution in [2.75, 3.05) is 0 Å². The monoisotopic (exact) mass is 253 g/mol. The van der Waals surface area contributed by atoms with Crippen LogP contribution in [0.2, 0.25) is 0 Å². The van der Waals surface area contributed by atoms with Crippen LogP contribution in [-0.4, -0.2) is 12.7 Å². The maximum Gasteiger partial charge on any atom is 0.387 e. The molecule has 0 N–H and O–H groups in total. The maximum absolute atomic E-state index is 12.4. The molecule has 0 spiro atoms. The molecule has 1 aromatic carbocycles. The van der Waals surface area contributed by atoms with Crippen molar-refractivity contribution in [2.24, 2.45) is 4.99 Å². The highest BCUT2D eigenvalue weighted by molar-refractivity contribution is 5.44. The summed E-state index contributed by atoms with van der Waals surface area (Å²) in [6.45, 7) is -2.88. The van der Waals surface area contributed by atoms with Crippen LogP contribution in [0.15, 0.2) is 29.3 Å². The first-order chi connectivity index (χ1) is 8.68. The summed E-state index contributed by atoms with van der Waals surface area (Å²) >= 11 is 0. The van der Waals surface area contributed by atoms with Gasteiger partial charge in [0.15, 0.2) is 0 Å². The van der Waals surface area contributed by atoms with Crippen molar-refractivity contribution in [3.8, 4) is 5.75 Å². The number of carbonyl (C=O) groups excluding carboxylic acids is 1. The molecule has 1 fully saturated rings. The summed E-state index contributed by atoms with van der Waals surface area (Å²) in [5.74, 6) is 0.0911. The Morgan fingerprint density at radius 3 is 2.56 bits per heavy atom. The Labute approximate surface area is 103 Å². The van der Waals surface area contributed by atoms with Crippen molar-refractivity contribution in [3.05, 3.63) is 29.8 Å². The Morgan fingerprint density at radius 2 is 1.94 bits per heavy atom. The fourth-order valence-corrected chi connectivity index (χ4v) is 2.54. The van der Waals surface area contributed by atoms with Crippen LogP contribution in [0.3, 0.4) is 0 Å². The van der Waals surface area contributed by atoms with Crippen molar-refractivity contribution < 1.29 is 18.3 Å². The average Bonchev–Trinajstić information content (AvgIpc) is 2.79. The van der Waals surface area contributed by atoms with Gasteiger partial charge in [-0.05, 0) is 18.9 Å². The Balaban J connectivity index is 2.44. The summed E-state index contributed by atoms with van der Waals surface area (Å²) in [4.78, 5) is 14.5. The Bertz CT molecular complexity index is 464. The third kappa shape index (κ3) is 2.41. The minimum atomic E-state index is -2.88. The van der Waals surface area contributed by atoms with Crippen molar-refractivity contribution in [3.63, 3.8) is 0 Å². The fourth-order valence-electron chi connectivity index (χ4n) is 2.54. The molecule has 1 saturated carbocycles. The zero-order chi connectivity index (χ0) is 13.0.